The summed E-state index contributed by atoms with van der Waals surface area (Å²) in [5, 5.41) is 4.99. The first-order chi connectivity index (χ1) is 14.3. The van der Waals surface area contributed by atoms with Crippen LogP contribution in [0.25, 0.3) is 26.8 Å². The number of benzene rings is 2. The fourth-order valence-corrected chi connectivity index (χ4v) is 4.55. The van der Waals surface area contributed by atoms with Crippen molar-refractivity contribution < 1.29 is 13.9 Å². The Hall–Kier alpha value is -3.12. The number of fused-ring (bicyclic) bond motifs is 2. The molecule has 1 N–H and O–H groups in total. The minimum Gasteiger partial charge on any atom is -0.496 e. The Bertz CT molecular complexity index is 1330. The van der Waals surface area contributed by atoms with Crippen LogP contribution < -0.4 is 10.1 Å². The lowest BCUT2D eigenvalue weighted by atomic mass is 9.98. The molecule has 0 bridgehead atoms. The van der Waals surface area contributed by atoms with Crippen LogP contribution >= 0.6 is 11.3 Å². The van der Waals surface area contributed by atoms with Crippen molar-refractivity contribution in [1.82, 2.24) is 4.98 Å². The van der Waals surface area contributed by atoms with Gasteiger partial charge in [0, 0.05) is 28.3 Å². The van der Waals surface area contributed by atoms with Crippen LogP contribution in [0.15, 0.2) is 34.8 Å². The van der Waals surface area contributed by atoms with Gasteiger partial charge in [-0.15, -0.1) is 11.3 Å². The highest BCUT2D eigenvalue weighted by molar-refractivity contribution is 7.18. The maximum atomic E-state index is 12.7. The number of rotatable bonds is 4. The summed E-state index contributed by atoms with van der Waals surface area (Å²) in [6, 6.07) is 7.82. The average Bonchev–Trinajstić information content (AvgIpc) is 3.20. The summed E-state index contributed by atoms with van der Waals surface area (Å²) < 4.78 is 12.7. The fraction of sp³-hybridized carbons (Fsp3) is 0.250. The maximum absolute atomic E-state index is 12.7. The fourth-order valence-electron chi connectivity index (χ4n) is 3.74. The molecule has 0 radical (unpaired) electrons. The van der Waals surface area contributed by atoms with Gasteiger partial charge >= 0.3 is 0 Å². The summed E-state index contributed by atoms with van der Waals surface area (Å²) >= 11 is 1.64. The third-order valence-electron chi connectivity index (χ3n) is 5.38. The molecule has 2 heterocycles. The van der Waals surface area contributed by atoms with E-state index in [1.54, 1.807) is 24.5 Å². The number of amides is 1. The van der Waals surface area contributed by atoms with E-state index < -0.39 is 0 Å². The zero-order chi connectivity index (χ0) is 21.6. The number of anilines is 1. The van der Waals surface area contributed by atoms with Crippen LogP contribution in [0, 0.1) is 27.7 Å². The highest BCUT2D eigenvalue weighted by atomic mass is 32.1. The lowest BCUT2D eigenvalue weighted by Crippen LogP contribution is -2.08. The predicted molar refractivity (Wildman–Crippen MR) is 124 cm³/mol. The smallest absolute Gasteiger partial charge is 0.248 e. The van der Waals surface area contributed by atoms with Crippen molar-refractivity contribution in [2.45, 2.75) is 34.6 Å². The summed E-state index contributed by atoms with van der Waals surface area (Å²) in [6.07, 6.45) is 1.60. The number of aryl methyl sites for hydroxylation is 4. The van der Waals surface area contributed by atoms with Crippen molar-refractivity contribution in [2.75, 3.05) is 12.4 Å². The first-order valence-electron chi connectivity index (χ1n) is 9.72. The van der Waals surface area contributed by atoms with E-state index in [0.717, 1.165) is 65.7 Å². The molecule has 0 saturated heterocycles. The van der Waals surface area contributed by atoms with E-state index in [4.69, 9.17) is 9.15 Å². The average molecular weight is 421 g/mol. The van der Waals surface area contributed by atoms with Crippen molar-refractivity contribution in [3.05, 3.63) is 57.8 Å². The van der Waals surface area contributed by atoms with Crippen LogP contribution in [-0.4, -0.2) is 18.0 Å². The Morgan fingerprint density at radius 2 is 1.93 bits per heavy atom. The van der Waals surface area contributed by atoms with Crippen molar-refractivity contribution in [1.29, 1.82) is 0 Å². The van der Waals surface area contributed by atoms with Gasteiger partial charge in [-0.05, 0) is 70.0 Å². The Morgan fingerprint density at radius 3 is 2.67 bits per heavy atom. The molecule has 0 spiro atoms. The van der Waals surface area contributed by atoms with Crippen LogP contribution in [0.3, 0.4) is 0 Å². The number of methoxy groups -OCH3 is 1. The molecule has 0 fully saturated rings. The Morgan fingerprint density at radius 1 is 1.17 bits per heavy atom. The number of aromatic nitrogens is 1. The molecule has 0 aliphatic heterocycles. The lowest BCUT2D eigenvalue weighted by Gasteiger charge is -2.13. The third kappa shape index (κ3) is 3.48. The standard InChI is InChI=1S/C24H24N2O3S/c1-12(9-22(27)26-17-7-8-21-20(10-17)25-16(5)30-21)18-11-19-13(2)15(4)29-24(19)14(3)23(18)28-6/h7-11H,1-6H3,(H,26,27)/b12-9+. The minimum absolute atomic E-state index is 0.196. The molecule has 4 rings (SSSR count). The van der Waals surface area contributed by atoms with Crippen molar-refractivity contribution in [2.24, 2.45) is 0 Å². The van der Waals surface area contributed by atoms with E-state index in [1.165, 1.54) is 0 Å². The number of ether oxygens (including phenoxy) is 1. The normalized spacial score (nSPS) is 12.0. The first-order valence-corrected chi connectivity index (χ1v) is 10.5. The van der Waals surface area contributed by atoms with Crippen LogP contribution in [0.1, 0.15) is 34.4 Å². The molecule has 5 nitrogen and oxygen atoms in total. The van der Waals surface area contributed by atoms with Gasteiger partial charge in [0.25, 0.3) is 0 Å². The molecule has 4 aromatic rings. The molecule has 0 atom stereocenters. The number of allylic oxidation sites excluding steroid dienone is 1. The van der Waals surface area contributed by atoms with Crippen LogP contribution in [-0.2, 0) is 4.79 Å². The second kappa shape index (κ2) is 7.61. The number of nitrogens with one attached hydrogen (secondary N) is 1. The summed E-state index contributed by atoms with van der Waals surface area (Å²) in [6.45, 7) is 9.87. The largest absolute Gasteiger partial charge is 0.496 e. The summed E-state index contributed by atoms with van der Waals surface area (Å²) in [4.78, 5) is 17.2. The summed E-state index contributed by atoms with van der Waals surface area (Å²) in [5.74, 6) is 1.41. The topological polar surface area (TPSA) is 64.4 Å². The molecule has 30 heavy (non-hydrogen) atoms. The van der Waals surface area contributed by atoms with Gasteiger partial charge in [0.15, 0.2) is 0 Å². The number of carbonyl (C=O) groups excluding carboxylic acids is 1. The van der Waals surface area contributed by atoms with Gasteiger partial charge in [-0.1, -0.05) is 0 Å². The van der Waals surface area contributed by atoms with Crippen LogP contribution in [0.4, 0.5) is 5.69 Å². The molecule has 154 valence electrons. The molecular formula is C24H24N2O3S. The van der Waals surface area contributed by atoms with E-state index in [2.05, 4.69) is 10.3 Å². The van der Waals surface area contributed by atoms with E-state index in [1.807, 2.05) is 58.9 Å². The zero-order valence-electron chi connectivity index (χ0n) is 18.0. The van der Waals surface area contributed by atoms with Gasteiger partial charge in [0.05, 0.1) is 22.3 Å². The Balaban J connectivity index is 1.68. The number of furan rings is 1. The Labute approximate surface area is 179 Å². The third-order valence-corrected chi connectivity index (χ3v) is 6.34. The highest BCUT2D eigenvalue weighted by Crippen LogP contribution is 2.38. The van der Waals surface area contributed by atoms with Crippen LogP contribution in [0.2, 0.25) is 0 Å². The molecule has 1 amide bonds. The van der Waals surface area contributed by atoms with Gasteiger partial charge in [0.2, 0.25) is 5.91 Å². The molecule has 2 aromatic heterocycles. The van der Waals surface area contributed by atoms with E-state index in [0.29, 0.717) is 0 Å². The predicted octanol–water partition coefficient (Wildman–Crippen LogP) is 6.33. The van der Waals surface area contributed by atoms with E-state index in [9.17, 15) is 4.79 Å². The molecule has 0 saturated carbocycles. The molecule has 6 heteroatoms. The highest BCUT2D eigenvalue weighted by Gasteiger charge is 2.18. The number of nitrogens with zero attached hydrogens (tertiary/aromatic N) is 1. The molecule has 0 aliphatic carbocycles. The second-order valence-electron chi connectivity index (χ2n) is 7.47. The minimum atomic E-state index is -0.196. The lowest BCUT2D eigenvalue weighted by molar-refractivity contribution is -0.111. The van der Waals surface area contributed by atoms with Gasteiger partial charge in [0.1, 0.15) is 17.1 Å². The van der Waals surface area contributed by atoms with Crippen molar-refractivity contribution >= 4 is 49.7 Å². The monoisotopic (exact) mass is 420 g/mol. The second-order valence-corrected chi connectivity index (χ2v) is 8.71. The van der Waals surface area contributed by atoms with Gasteiger partial charge in [-0.25, -0.2) is 4.98 Å². The number of hydrogen-bond acceptors (Lipinski definition) is 5. The zero-order valence-corrected chi connectivity index (χ0v) is 18.8. The van der Waals surface area contributed by atoms with E-state index in [-0.39, 0.29) is 5.91 Å². The number of thiazole rings is 1. The van der Waals surface area contributed by atoms with Crippen molar-refractivity contribution in [3.8, 4) is 5.75 Å². The first kappa shape index (κ1) is 20.2. The molecule has 2 aromatic carbocycles. The van der Waals surface area contributed by atoms with Gasteiger partial charge < -0.3 is 14.5 Å². The maximum Gasteiger partial charge on any atom is 0.248 e. The van der Waals surface area contributed by atoms with Crippen LogP contribution in [0.5, 0.6) is 5.75 Å². The van der Waals surface area contributed by atoms with Crippen molar-refractivity contribution in [3.63, 3.8) is 0 Å². The van der Waals surface area contributed by atoms with E-state index >= 15 is 0 Å². The number of carbonyl (C=O) groups is 1. The Kier molecular flexibility index (Phi) is 5.12. The summed E-state index contributed by atoms with van der Waals surface area (Å²) in [5.41, 5.74) is 6.17. The SMILES string of the molecule is COc1c(/C(C)=C/C(=O)Nc2ccc3sc(C)nc3c2)cc2c(C)c(C)oc2c1C. The molecule has 0 aliphatic rings. The number of hydrogen-bond donors (Lipinski definition) is 1. The molecule has 0 unspecified atom stereocenters. The quantitative estimate of drug-likeness (QED) is 0.392. The molecular weight excluding hydrogens is 396 g/mol. The van der Waals surface area contributed by atoms with Gasteiger partial charge in [-0.2, -0.15) is 0 Å². The van der Waals surface area contributed by atoms with Gasteiger partial charge in [-0.3, -0.25) is 4.79 Å². The summed E-state index contributed by atoms with van der Waals surface area (Å²) in [7, 11) is 1.64.